The first-order valence-corrected chi connectivity index (χ1v) is 9.32. The Hall–Kier alpha value is -2.54. The van der Waals surface area contributed by atoms with Gasteiger partial charge in [-0.1, -0.05) is 18.5 Å². The van der Waals surface area contributed by atoms with Crippen molar-refractivity contribution in [3.05, 3.63) is 41.3 Å². The molecule has 0 unspecified atom stereocenters. The van der Waals surface area contributed by atoms with Gasteiger partial charge in [-0.3, -0.25) is 9.78 Å². The summed E-state index contributed by atoms with van der Waals surface area (Å²) in [5, 5.41) is 0.379. The van der Waals surface area contributed by atoms with Crippen molar-refractivity contribution in [2.75, 3.05) is 44.8 Å². The number of benzene rings is 1. The van der Waals surface area contributed by atoms with E-state index in [0.29, 0.717) is 54.9 Å². The molecule has 3 rings (SSSR count). The molecule has 1 aromatic heterocycles. The summed E-state index contributed by atoms with van der Waals surface area (Å²) in [5.74, 6) is 1.70. The smallest absolute Gasteiger partial charge is 0.254 e. The SMILES string of the molecule is CCCOc1c(Cl)cc(C(=O)N2CCN(c3cnccn3)CC2)cc1OC. The van der Waals surface area contributed by atoms with Crippen LogP contribution in [0.25, 0.3) is 0 Å². The molecule has 0 bridgehead atoms. The number of methoxy groups -OCH3 is 1. The maximum absolute atomic E-state index is 12.9. The van der Waals surface area contributed by atoms with Crippen LogP contribution in [-0.4, -0.2) is 60.7 Å². The van der Waals surface area contributed by atoms with Crippen molar-refractivity contribution in [1.29, 1.82) is 0 Å². The second-order valence-electron chi connectivity index (χ2n) is 6.18. The van der Waals surface area contributed by atoms with E-state index in [2.05, 4.69) is 14.9 Å². The zero-order valence-corrected chi connectivity index (χ0v) is 16.3. The minimum absolute atomic E-state index is 0.0731. The zero-order valence-electron chi connectivity index (χ0n) is 15.5. The molecule has 0 aliphatic carbocycles. The minimum atomic E-state index is -0.0731. The Kier molecular flexibility index (Phi) is 6.34. The molecule has 144 valence electrons. The highest BCUT2D eigenvalue weighted by molar-refractivity contribution is 6.32. The van der Waals surface area contributed by atoms with Crippen LogP contribution >= 0.6 is 11.6 Å². The van der Waals surface area contributed by atoms with Gasteiger partial charge in [-0.25, -0.2) is 4.98 Å². The maximum Gasteiger partial charge on any atom is 0.254 e. The quantitative estimate of drug-likeness (QED) is 0.755. The van der Waals surface area contributed by atoms with Crippen LogP contribution in [0.4, 0.5) is 5.82 Å². The molecule has 27 heavy (non-hydrogen) atoms. The van der Waals surface area contributed by atoms with E-state index in [4.69, 9.17) is 21.1 Å². The molecule has 0 spiro atoms. The summed E-state index contributed by atoms with van der Waals surface area (Å²) in [7, 11) is 1.54. The Morgan fingerprint density at radius 1 is 1.22 bits per heavy atom. The molecule has 1 amide bonds. The highest BCUT2D eigenvalue weighted by atomic mass is 35.5. The average molecular weight is 391 g/mol. The molecule has 1 aliphatic rings. The van der Waals surface area contributed by atoms with E-state index in [1.807, 2.05) is 11.8 Å². The summed E-state index contributed by atoms with van der Waals surface area (Å²) in [6.45, 7) is 5.15. The normalized spacial score (nSPS) is 14.2. The molecule has 0 atom stereocenters. The lowest BCUT2D eigenvalue weighted by Crippen LogP contribution is -2.49. The van der Waals surface area contributed by atoms with E-state index in [1.165, 1.54) is 0 Å². The average Bonchev–Trinajstić information content (AvgIpc) is 2.72. The molecular weight excluding hydrogens is 368 g/mol. The van der Waals surface area contributed by atoms with Gasteiger partial charge in [0, 0.05) is 44.1 Å². The van der Waals surface area contributed by atoms with Crippen molar-refractivity contribution in [3.8, 4) is 11.5 Å². The lowest BCUT2D eigenvalue weighted by Gasteiger charge is -2.35. The number of anilines is 1. The number of rotatable bonds is 6. The third-order valence-corrected chi connectivity index (χ3v) is 4.65. The standard InChI is InChI=1S/C19H23ClN4O3/c1-3-10-27-18-15(20)11-14(12-16(18)26-2)19(25)24-8-6-23(7-9-24)17-13-21-4-5-22-17/h4-5,11-13H,3,6-10H2,1-2H3. The number of carbonyl (C=O) groups excluding carboxylic acids is 1. The molecule has 7 nitrogen and oxygen atoms in total. The van der Waals surface area contributed by atoms with Gasteiger partial charge < -0.3 is 19.3 Å². The minimum Gasteiger partial charge on any atom is -0.493 e. The number of ether oxygens (including phenoxy) is 2. The van der Waals surface area contributed by atoms with Crippen LogP contribution in [-0.2, 0) is 0 Å². The fourth-order valence-corrected chi connectivity index (χ4v) is 3.23. The van der Waals surface area contributed by atoms with Gasteiger partial charge in [-0.2, -0.15) is 0 Å². The van der Waals surface area contributed by atoms with E-state index in [9.17, 15) is 4.79 Å². The highest BCUT2D eigenvalue weighted by Gasteiger charge is 2.25. The molecule has 1 fully saturated rings. The first-order chi connectivity index (χ1) is 13.1. The van der Waals surface area contributed by atoms with Crippen LogP contribution in [0.15, 0.2) is 30.7 Å². The lowest BCUT2D eigenvalue weighted by atomic mass is 10.1. The Balaban J connectivity index is 1.70. The summed E-state index contributed by atoms with van der Waals surface area (Å²) in [4.78, 5) is 25.2. The van der Waals surface area contributed by atoms with E-state index < -0.39 is 0 Å². The number of nitrogens with zero attached hydrogens (tertiary/aromatic N) is 4. The number of hydrogen-bond donors (Lipinski definition) is 0. The van der Waals surface area contributed by atoms with Crippen LogP contribution in [0.2, 0.25) is 5.02 Å². The van der Waals surface area contributed by atoms with Gasteiger partial charge >= 0.3 is 0 Å². The molecule has 0 saturated carbocycles. The van der Waals surface area contributed by atoms with Crippen LogP contribution in [0.1, 0.15) is 23.7 Å². The first kappa shape index (κ1) is 19.2. The molecular formula is C19H23ClN4O3. The number of carbonyl (C=O) groups is 1. The van der Waals surface area contributed by atoms with Gasteiger partial charge in [-0.05, 0) is 18.6 Å². The highest BCUT2D eigenvalue weighted by Crippen LogP contribution is 2.37. The Bertz CT molecular complexity index is 780. The van der Waals surface area contributed by atoms with Crippen LogP contribution in [0, 0.1) is 0 Å². The first-order valence-electron chi connectivity index (χ1n) is 8.94. The van der Waals surface area contributed by atoms with Gasteiger partial charge in [-0.15, -0.1) is 0 Å². The van der Waals surface area contributed by atoms with Gasteiger partial charge in [0.1, 0.15) is 5.82 Å². The summed E-state index contributed by atoms with van der Waals surface area (Å²) in [6.07, 6.45) is 5.91. The second-order valence-corrected chi connectivity index (χ2v) is 6.59. The molecule has 1 aliphatic heterocycles. The number of aromatic nitrogens is 2. The van der Waals surface area contributed by atoms with Crippen molar-refractivity contribution >= 4 is 23.3 Å². The van der Waals surface area contributed by atoms with Crippen molar-refractivity contribution in [1.82, 2.24) is 14.9 Å². The summed E-state index contributed by atoms with van der Waals surface area (Å²) in [5.41, 5.74) is 0.494. The number of hydrogen-bond acceptors (Lipinski definition) is 6. The third kappa shape index (κ3) is 4.42. The van der Waals surface area contributed by atoms with Crippen molar-refractivity contribution in [3.63, 3.8) is 0 Å². The van der Waals surface area contributed by atoms with E-state index in [-0.39, 0.29) is 5.91 Å². The van der Waals surface area contributed by atoms with Crippen molar-refractivity contribution in [2.45, 2.75) is 13.3 Å². The van der Waals surface area contributed by atoms with Crippen molar-refractivity contribution < 1.29 is 14.3 Å². The molecule has 8 heteroatoms. The molecule has 2 heterocycles. The van der Waals surface area contributed by atoms with Gasteiger partial charge in [0.25, 0.3) is 5.91 Å². The van der Waals surface area contributed by atoms with E-state index in [0.717, 1.165) is 12.2 Å². The third-order valence-electron chi connectivity index (χ3n) is 4.37. The predicted octanol–water partition coefficient (Wildman–Crippen LogP) is 2.89. The number of amides is 1. The van der Waals surface area contributed by atoms with Crippen LogP contribution in [0.5, 0.6) is 11.5 Å². The number of halogens is 1. The summed E-state index contributed by atoms with van der Waals surface area (Å²) < 4.78 is 11.0. The van der Waals surface area contributed by atoms with E-state index in [1.54, 1.807) is 37.8 Å². The Morgan fingerprint density at radius 3 is 2.63 bits per heavy atom. The maximum atomic E-state index is 12.9. The summed E-state index contributed by atoms with van der Waals surface area (Å²) >= 11 is 6.34. The predicted molar refractivity (Wildman–Crippen MR) is 104 cm³/mol. The van der Waals surface area contributed by atoms with E-state index >= 15 is 0 Å². The Labute approximate surface area is 163 Å². The zero-order chi connectivity index (χ0) is 19.2. The molecule has 0 N–H and O–H groups in total. The molecule has 1 aromatic carbocycles. The monoisotopic (exact) mass is 390 g/mol. The second kappa shape index (κ2) is 8.90. The molecule has 2 aromatic rings. The number of piperazine rings is 1. The van der Waals surface area contributed by atoms with Gasteiger partial charge in [0.15, 0.2) is 11.5 Å². The summed E-state index contributed by atoms with van der Waals surface area (Å²) in [6, 6.07) is 3.33. The largest absolute Gasteiger partial charge is 0.493 e. The van der Waals surface area contributed by atoms with Crippen LogP contribution in [0.3, 0.4) is 0 Å². The van der Waals surface area contributed by atoms with Crippen LogP contribution < -0.4 is 14.4 Å². The fraction of sp³-hybridized carbons (Fsp3) is 0.421. The van der Waals surface area contributed by atoms with Gasteiger partial charge in [0.2, 0.25) is 0 Å². The van der Waals surface area contributed by atoms with Gasteiger partial charge in [0.05, 0.1) is 24.9 Å². The fourth-order valence-electron chi connectivity index (χ4n) is 2.96. The Morgan fingerprint density at radius 2 is 2.00 bits per heavy atom. The van der Waals surface area contributed by atoms with Crippen molar-refractivity contribution in [2.24, 2.45) is 0 Å². The topological polar surface area (TPSA) is 67.8 Å². The molecule has 0 radical (unpaired) electrons. The molecule has 1 saturated heterocycles. The lowest BCUT2D eigenvalue weighted by molar-refractivity contribution is 0.0746.